The van der Waals surface area contributed by atoms with Gasteiger partial charge in [0.1, 0.15) is 5.82 Å². The van der Waals surface area contributed by atoms with E-state index in [1.165, 1.54) is 0 Å². The summed E-state index contributed by atoms with van der Waals surface area (Å²) in [6.45, 7) is 1.37. The van der Waals surface area contributed by atoms with Crippen molar-refractivity contribution >= 4 is 16.7 Å². The molecular formula is C17H17N5O2. The highest BCUT2D eigenvalue weighted by Gasteiger charge is 2.29. The number of nitrogens with one attached hydrogen (secondary N) is 2. The first-order chi connectivity index (χ1) is 11.7. The minimum atomic E-state index is -0.235. The molecule has 0 saturated carbocycles. The first-order valence-corrected chi connectivity index (χ1v) is 7.95. The first-order valence-electron chi connectivity index (χ1n) is 7.95. The molecule has 1 saturated heterocycles. The summed E-state index contributed by atoms with van der Waals surface area (Å²) >= 11 is 0. The number of hydrogen-bond donors (Lipinski definition) is 2. The largest absolute Gasteiger partial charge is 0.348 e. The monoisotopic (exact) mass is 323 g/mol. The van der Waals surface area contributed by atoms with Crippen LogP contribution in [0.15, 0.2) is 41.5 Å². The van der Waals surface area contributed by atoms with E-state index in [9.17, 15) is 9.59 Å². The Balaban J connectivity index is 1.53. The molecule has 3 aromatic rings. The number of hydrogen-bond acceptors (Lipinski definition) is 4. The van der Waals surface area contributed by atoms with Crippen LogP contribution in [0.5, 0.6) is 0 Å². The third kappa shape index (κ3) is 2.58. The topological polar surface area (TPSA) is 94.7 Å². The SMILES string of the molecule is O=C(Cc1n[nH]c(=O)c2ccccc12)N1CCC(c2ncc[nH]2)C1. The summed E-state index contributed by atoms with van der Waals surface area (Å²) in [4.78, 5) is 33.7. The molecule has 7 heteroatoms. The summed E-state index contributed by atoms with van der Waals surface area (Å²) in [6.07, 6.45) is 4.62. The summed E-state index contributed by atoms with van der Waals surface area (Å²) in [5, 5.41) is 7.86. The van der Waals surface area contributed by atoms with Gasteiger partial charge in [0.2, 0.25) is 5.91 Å². The number of carbonyl (C=O) groups is 1. The van der Waals surface area contributed by atoms with Crippen LogP contribution in [0, 0.1) is 0 Å². The highest BCUT2D eigenvalue weighted by atomic mass is 16.2. The van der Waals surface area contributed by atoms with Crippen molar-refractivity contribution in [2.24, 2.45) is 0 Å². The van der Waals surface area contributed by atoms with Crippen LogP contribution in [0.3, 0.4) is 0 Å². The molecule has 1 fully saturated rings. The number of amides is 1. The molecule has 0 spiro atoms. The quantitative estimate of drug-likeness (QED) is 0.757. The zero-order chi connectivity index (χ0) is 16.5. The normalized spacial score (nSPS) is 17.5. The smallest absolute Gasteiger partial charge is 0.272 e. The second-order valence-electron chi connectivity index (χ2n) is 6.02. The van der Waals surface area contributed by atoms with Gasteiger partial charge in [-0.15, -0.1) is 0 Å². The van der Waals surface area contributed by atoms with E-state index in [0.717, 1.165) is 17.6 Å². The highest BCUT2D eigenvalue weighted by molar-refractivity contribution is 5.88. The highest BCUT2D eigenvalue weighted by Crippen LogP contribution is 2.25. The lowest BCUT2D eigenvalue weighted by Crippen LogP contribution is -2.30. The van der Waals surface area contributed by atoms with E-state index in [1.54, 1.807) is 24.5 Å². The molecule has 122 valence electrons. The molecule has 0 bridgehead atoms. The van der Waals surface area contributed by atoms with Gasteiger partial charge in [-0.05, 0) is 12.5 Å². The van der Waals surface area contributed by atoms with Crippen LogP contribution in [0.25, 0.3) is 10.8 Å². The molecule has 7 nitrogen and oxygen atoms in total. The van der Waals surface area contributed by atoms with Gasteiger partial charge in [-0.1, -0.05) is 18.2 Å². The second kappa shape index (κ2) is 5.92. The molecule has 1 aliphatic heterocycles. The molecule has 1 aromatic carbocycles. The van der Waals surface area contributed by atoms with E-state index in [0.29, 0.717) is 24.2 Å². The summed E-state index contributed by atoms with van der Waals surface area (Å²) < 4.78 is 0. The van der Waals surface area contributed by atoms with Gasteiger partial charge in [0.05, 0.1) is 17.5 Å². The van der Waals surface area contributed by atoms with Gasteiger partial charge in [-0.25, -0.2) is 10.1 Å². The molecule has 2 aromatic heterocycles. The van der Waals surface area contributed by atoms with Crippen molar-refractivity contribution in [2.45, 2.75) is 18.8 Å². The van der Waals surface area contributed by atoms with Gasteiger partial charge in [0.25, 0.3) is 5.56 Å². The molecule has 3 heterocycles. The molecule has 4 rings (SSSR count). The fraction of sp³-hybridized carbons (Fsp3) is 0.294. The lowest BCUT2D eigenvalue weighted by molar-refractivity contribution is -0.129. The molecule has 24 heavy (non-hydrogen) atoms. The number of rotatable bonds is 3. The fourth-order valence-electron chi connectivity index (χ4n) is 3.27. The van der Waals surface area contributed by atoms with Gasteiger partial charge < -0.3 is 9.88 Å². The average molecular weight is 323 g/mol. The number of fused-ring (bicyclic) bond motifs is 1. The third-order valence-electron chi connectivity index (χ3n) is 4.54. The van der Waals surface area contributed by atoms with Crippen molar-refractivity contribution < 1.29 is 4.79 Å². The van der Waals surface area contributed by atoms with E-state index < -0.39 is 0 Å². The number of aromatic nitrogens is 4. The predicted molar refractivity (Wildman–Crippen MR) is 88.6 cm³/mol. The molecule has 2 N–H and O–H groups in total. The minimum absolute atomic E-state index is 0.0220. The Labute approximate surface area is 137 Å². The minimum Gasteiger partial charge on any atom is -0.348 e. The Bertz CT molecular complexity index is 932. The molecular weight excluding hydrogens is 306 g/mol. The lowest BCUT2D eigenvalue weighted by atomic mass is 10.1. The number of carbonyl (C=O) groups excluding carboxylic acids is 1. The zero-order valence-electron chi connectivity index (χ0n) is 13.0. The maximum Gasteiger partial charge on any atom is 0.272 e. The number of likely N-dealkylation sites (tertiary alicyclic amines) is 1. The molecule has 0 aliphatic carbocycles. The van der Waals surface area contributed by atoms with Crippen molar-refractivity contribution in [3.05, 3.63) is 58.5 Å². The van der Waals surface area contributed by atoms with E-state index in [4.69, 9.17) is 0 Å². The van der Waals surface area contributed by atoms with Crippen LogP contribution >= 0.6 is 0 Å². The van der Waals surface area contributed by atoms with Crippen LogP contribution in [0.1, 0.15) is 23.9 Å². The van der Waals surface area contributed by atoms with Crippen molar-refractivity contribution in [3.63, 3.8) is 0 Å². The number of H-pyrrole nitrogens is 2. The second-order valence-corrected chi connectivity index (χ2v) is 6.02. The van der Waals surface area contributed by atoms with E-state index in [-0.39, 0.29) is 23.8 Å². The molecule has 0 radical (unpaired) electrons. The van der Waals surface area contributed by atoms with Crippen LogP contribution < -0.4 is 5.56 Å². The summed E-state index contributed by atoms with van der Waals surface area (Å²) in [7, 11) is 0. The average Bonchev–Trinajstić information content (AvgIpc) is 3.28. The van der Waals surface area contributed by atoms with Gasteiger partial charge in [-0.3, -0.25) is 9.59 Å². The van der Waals surface area contributed by atoms with Crippen molar-refractivity contribution in [3.8, 4) is 0 Å². The maximum atomic E-state index is 12.6. The predicted octanol–water partition coefficient (Wildman–Crippen LogP) is 1.20. The number of aromatic amines is 2. The molecule has 1 atom stereocenters. The zero-order valence-corrected chi connectivity index (χ0v) is 13.0. The van der Waals surface area contributed by atoms with Crippen LogP contribution in [-0.4, -0.2) is 44.1 Å². The Morgan fingerprint density at radius 2 is 2.12 bits per heavy atom. The summed E-state index contributed by atoms with van der Waals surface area (Å²) in [6, 6.07) is 7.22. The van der Waals surface area contributed by atoms with Crippen LogP contribution in [0.2, 0.25) is 0 Å². The van der Waals surface area contributed by atoms with Crippen LogP contribution in [-0.2, 0) is 11.2 Å². The number of benzene rings is 1. The van der Waals surface area contributed by atoms with Gasteiger partial charge >= 0.3 is 0 Å². The summed E-state index contributed by atoms with van der Waals surface area (Å²) in [5.74, 6) is 1.20. The van der Waals surface area contributed by atoms with Gasteiger partial charge in [0.15, 0.2) is 0 Å². The molecule has 1 amide bonds. The van der Waals surface area contributed by atoms with Crippen molar-refractivity contribution in [2.75, 3.05) is 13.1 Å². The molecule has 1 unspecified atom stereocenters. The number of imidazole rings is 1. The van der Waals surface area contributed by atoms with E-state index >= 15 is 0 Å². The third-order valence-corrected chi connectivity index (χ3v) is 4.54. The Morgan fingerprint density at radius 3 is 2.92 bits per heavy atom. The van der Waals surface area contributed by atoms with Gasteiger partial charge in [-0.2, -0.15) is 5.10 Å². The summed E-state index contributed by atoms with van der Waals surface area (Å²) in [5.41, 5.74) is 0.373. The van der Waals surface area contributed by atoms with Crippen LogP contribution in [0.4, 0.5) is 0 Å². The Morgan fingerprint density at radius 1 is 1.29 bits per heavy atom. The van der Waals surface area contributed by atoms with Crippen molar-refractivity contribution in [1.82, 2.24) is 25.1 Å². The molecule has 1 aliphatic rings. The lowest BCUT2D eigenvalue weighted by Gasteiger charge is -2.16. The number of nitrogens with zero attached hydrogens (tertiary/aromatic N) is 3. The standard InChI is InChI=1S/C17H17N5O2/c23-15(22-8-5-11(10-22)16-18-6-7-19-16)9-14-12-3-1-2-4-13(12)17(24)21-20-14/h1-4,6-7,11H,5,8-10H2,(H,18,19)(H,21,24). The van der Waals surface area contributed by atoms with E-state index in [1.807, 2.05) is 17.0 Å². The van der Waals surface area contributed by atoms with E-state index in [2.05, 4.69) is 20.2 Å². The fourth-order valence-corrected chi connectivity index (χ4v) is 3.27. The van der Waals surface area contributed by atoms with Crippen molar-refractivity contribution in [1.29, 1.82) is 0 Å². The maximum absolute atomic E-state index is 12.6. The first kappa shape index (κ1) is 14.6. The Hall–Kier alpha value is -2.96. The Kier molecular flexibility index (Phi) is 3.60. The van der Waals surface area contributed by atoms with Gasteiger partial charge in [0, 0.05) is 36.8 Å².